The predicted molar refractivity (Wildman–Crippen MR) is 86.9 cm³/mol. The molecule has 22 heavy (non-hydrogen) atoms. The first-order valence-corrected chi connectivity index (χ1v) is 7.29. The molecule has 0 bridgehead atoms. The molecule has 1 atom stereocenters. The monoisotopic (exact) mass is 319 g/mol. The van der Waals surface area contributed by atoms with Gasteiger partial charge in [-0.25, -0.2) is 0 Å². The summed E-state index contributed by atoms with van der Waals surface area (Å²) in [6, 6.07) is 14.0. The summed E-state index contributed by atoms with van der Waals surface area (Å²) in [6.07, 6.45) is 0. The average molecular weight is 320 g/mol. The highest BCUT2D eigenvalue weighted by Crippen LogP contribution is 2.17. The van der Waals surface area contributed by atoms with Gasteiger partial charge in [0.05, 0.1) is 13.2 Å². The number of hydrogen-bond acceptors (Lipinski definition) is 3. The van der Waals surface area contributed by atoms with Crippen molar-refractivity contribution >= 4 is 17.5 Å². The van der Waals surface area contributed by atoms with Crippen LogP contribution in [-0.2, 0) is 0 Å². The lowest BCUT2D eigenvalue weighted by Crippen LogP contribution is -2.36. The number of hydrogen-bond donors (Lipinski definition) is 1. The number of benzene rings is 2. The second kappa shape index (κ2) is 7.71. The van der Waals surface area contributed by atoms with Gasteiger partial charge in [-0.2, -0.15) is 0 Å². The minimum atomic E-state index is -0.173. The first-order valence-electron chi connectivity index (χ1n) is 6.92. The fraction of sp³-hybridized carbons (Fsp3) is 0.235. The van der Waals surface area contributed by atoms with E-state index < -0.39 is 0 Å². The van der Waals surface area contributed by atoms with Crippen molar-refractivity contribution < 1.29 is 14.3 Å². The summed E-state index contributed by atoms with van der Waals surface area (Å²) in [5.41, 5.74) is 0.531. The Morgan fingerprint density at radius 1 is 1.18 bits per heavy atom. The van der Waals surface area contributed by atoms with E-state index in [1.807, 2.05) is 31.2 Å². The lowest BCUT2D eigenvalue weighted by Gasteiger charge is -2.15. The summed E-state index contributed by atoms with van der Waals surface area (Å²) >= 11 is 5.88. The van der Waals surface area contributed by atoms with E-state index in [1.54, 1.807) is 31.4 Å². The van der Waals surface area contributed by atoms with Gasteiger partial charge in [0.15, 0.2) is 0 Å². The number of rotatable bonds is 6. The SMILES string of the molecule is COc1ccc(OC[C@@H](C)NC(=O)c2cccc(Cl)c2)cc1. The first-order chi connectivity index (χ1) is 10.6. The number of amides is 1. The molecule has 0 saturated carbocycles. The van der Waals surface area contributed by atoms with E-state index in [1.165, 1.54) is 0 Å². The van der Waals surface area contributed by atoms with Gasteiger partial charge in [-0.15, -0.1) is 0 Å². The summed E-state index contributed by atoms with van der Waals surface area (Å²) in [4.78, 5) is 12.1. The van der Waals surface area contributed by atoms with Crippen molar-refractivity contribution in [2.75, 3.05) is 13.7 Å². The van der Waals surface area contributed by atoms with E-state index in [2.05, 4.69) is 5.32 Å². The summed E-state index contributed by atoms with van der Waals surface area (Å²) < 4.78 is 10.7. The van der Waals surface area contributed by atoms with E-state index in [0.717, 1.165) is 11.5 Å². The topological polar surface area (TPSA) is 47.6 Å². The molecule has 0 radical (unpaired) electrons. The molecule has 0 aliphatic rings. The van der Waals surface area contributed by atoms with Gasteiger partial charge in [0.1, 0.15) is 18.1 Å². The zero-order chi connectivity index (χ0) is 15.9. The smallest absolute Gasteiger partial charge is 0.251 e. The maximum atomic E-state index is 12.1. The van der Waals surface area contributed by atoms with E-state index in [-0.39, 0.29) is 11.9 Å². The maximum absolute atomic E-state index is 12.1. The van der Waals surface area contributed by atoms with E-state index in [9.17, 15) is 4.79 Å². The van der Waals surface area contributed by atoms with Crippen molar-refractivity contribution in [3.05, 3.63) is 59.1 Å². The largest absolute Gasteiger partial charge is 0.497 e. The van der Waals surface area contributed by atoms with Crippen molar-refractivity contribution in [1.29, 1.82) is 0 Å². The van der Waals surface area contributed by atoms with Crippen molar-refractivity contribution in [2.45, 2.75) is 13.0 Å². The Bertz CT molecular complexity index is 628. The van der Waals surface area contributed by atoms with Gasteiger partial charge >= 0.3 is 0 Å². The van der Waals surface area contributed by atoms with Crippen LogP contribution in [0.2, 0.25) is 5.02 Å². The molecular weight excluding hydrogens is 302 g/mol. The molecule has 0 aliphatic carbocycles. The zero-order valence-electron chi connectivity index (χ0n) is 12.5. The minimum absolute atomic E-state index is 0.131. The highest BCUT2D eigenvalue weighted by molar-refractivity contribution is 6.30. The summed E-state index contributed by atoms with van der Waals surface area (Å²) in [6.45, 7) is 2.25. The molecule has 0 aliphatic heterocycles. The van der Waals surface area contributed by atoms with Gasteiger partial charge in [-0.1, -0.05) is 17.7 Å². The normalized spacial score (nSPS) is 11.6. The van der Waals surface area contributed by atoms with Crippen LogP contribution in [-0.4, -0.2) is 25.7 Å². The Hall–Kier alpha value is -2.20. The Balaban J connectivity index is 1.84. The molecule has 2 aromatic rings. The lowest BCUT2D eigenvalue weighted by molar-refractivity contribution is 0.0926. The van der Waals surface area contributed by atoms with Crippen LogP contribution in [0.3, 0.4) is 0 Å². The quantitative estimate of drug-likeness (QED) is 0.885. The number of carbonyl (C=O) groups is 1. The second-order valence-corrected chi connectivity index (χ2v) is 5.31. The lowest BCUT2D eigenvalue weighted by atomic mass is 10.2. The maximum Gasteiger partial charge on any atom is 0.251 e. The van der Waals surface area contributed by atoms with Gasteiger partial charge in [-0.3, -0.25) is 4.79 Å². The van der Waals surface area contributed by atoms with Crippen LogP contribution in [0.1, 0.15) is 17.3 Å². The van der Waals surface area contributed by atoms with Gasteiger partial charge in [-0.05, 0) is 49.4 Å². The summed E-state index contributed by atoms with van der Waals surface area (Å²) in [5.74, 6) is 1.33. The summed E-state index contributed by atoms with van der Waals surface area (Å²) in [7, 11) is 1.61. The Morgan fingerprint density at radius 3 is 2.50 bits per heavy atom. The van der Waals surface area contributed by atoms with Crippen LogP contribution in [0, 0.1) is 0 Å². The molecule has 0 unspecified atom stereocenters. The molecule has 0 saturated heterocycles. The van der Waals surface area contributed by atoms with Crippen molar-refractivity contribution in [3.63, 3.8) is 0 Å². The van der Waals surface area contributed by atoms with E-state index >= 15 is 0 Å². The molecule has 0 fully saturated rings. The summed E-state index contributed by atoms with van der Waals surface area (Å²) in [5, 5.41) is 3.41. The van der Waals surface area contributed by atoms with Crippen LogP contribution < -0.4 is 14.8 Å². The van der Waals surface area contributed by atoms with Gasteiger partial charge in [0, 0.05) is 10.6 Å². The fourth-order valence-corrected chi connectivity index (χ4v) is 2.06. The van der Waals surface area contributed by atoms with Gasteiger partial charge in [0.25, 0.3) is 5.91 Å². The predicted octanol–water partition coefficient (Wildman–Crippen LogP) is 3.55. The third kappa shape index (κ3) is 4.67. The minimum Gasteiger partial charge on any atom is -0.497 e. The third-order valence-corrected chi connectivity index (χ3v) is 3.26. The Morgan fingerprint density at radius 2 is 1.86 bits per heavy atom. The molecule has 1 amide bonds. The van der Waals surface area contributed by atoms with Crippen molar-refractivity contribution in [3.8, 4) is 11.5 Å². The van der Waals surface area contributed by atoms with Crippen molar-refractivity contribution in [2.24, 2.45) is 0 Å². The third-order valence-electron chi connectivity index (χ3n) is 3.02. The molecule has 0 aromatic heterocycles. The zero-order valence-corrected chi connectivity index (χ0v) is 13.3. The molecule has 1 N–H and O–H groups in total. The van der Waals surface area contributed by atoms with Crippen LogP contribution in [0.4, 0.5) is 0 Å². The van der Waals surface area contributed by atoms with Gasteiger partial charge < -0.3 is 14.8 Å². The van der Waals surface area contributed by atoms with Crippen LogP contribution in [0.5, 0.6) is 11.5 Å². The standard InChI is InChI=1S/C17H18ClNO3/c1-12(11-22-16-8-6-15(21-2)7-9-16)19-17(20)13-4-3-5-14(18)10-13/h3-10,12H,11H2,1-2H3,(H,19,20)/t12-/m1/s1. The van der Waals surface area contributed by atoms with E-state index in [0.29, 0.717) is 17.2 Å². The molecule has 0 heterocycles. The molecule has 2 rings (SSSR count). The highest BCUT2D eigenvalue weighted by Gasteiger charge is 2.10. The van der Waals surface area contributed by atoms with Crippen LogP contribution in [0.15, 0.2) is 48.5 Å². The molecule has 5 heteroatoms. The Kier molecular flexibility index (Phi) is 5.67. The molecule has 4 nitrogen and oxygen atoms in total. The van der Waals surface area contributed by atoms with Crippen LogP contribution >= 0.6 is 11.6 Å². The number of methoxy groups -OCH3 is 1. The highest BCUT2D eigenvalue weighted by atomic mass is 35.5. The molecular formula is C17H18ClNO3. The van der Waals surface area contributed by atoms with Gasteiger partial charge in [0.2, 0.25) is 0 Å². The van der Waals surface area contributed by atoms with Crippen LogP contribution in [0.25, 0.3) is 0 Å². The number of carbonyl (C=O) groups excluding carboxylic acids is 1. The second-order valence-electron chi connectivity index (χ2n) is 4.87. The first kappa shape index (κ1) is 16.2. The molecule has 0 spiro atoms. The number of halogens is 1. The van der Waals surface area contributed by atoms with Crippen molar-refractivity contribution in [1.82, 2.24) is 5.32 Å². The Labute approximate surface area is 135 Å². The fourth-order valence-electron chi connectivity index (χ4n) is 1.87. The molecule has 2 aromatic carbocycles. The number of nitrogens with one attached hydrogen (secondary N) is 1. The molecule has 116 valence electrons. The average Bonchev–Trinajstić information content (AvgIpc) is 2.53. The van der Waals surface area contributed by atoms with E-state index in [4.69, 9.17) is 21.1 Å². The number of ether oxygens (including phenoxy) is 2.